The third-order valence-electron chi connectivity index (χ3n) is 4.33. The van der Waals surface area contributed by atoms with Gasteiger partial charge in [-0.1, -0.05) is 35.3 Å². The van der Waals surface area contributed by atoms with Crippen LogP contribution < -0.4 is 10.6 Å². The lowest BCUT2D eigenvalue weighted by Crippen LogP contribution is -2.57. The highest BCUT2D eigenvalue weighted by atomic mass is 35.5. The van der Waals surface area contributed by atoms with E-state index in [9.17, 15) is 9.59 Å². The average molecular weight is 407 g/mol. The van der Waals surface area contributed by atoms with Gasteiger partial charge in [-0.2, -0.15) is 0 Å². The van der Waals surface area contributed by atoms with Crippen molar-refractivity contribution >= 4 is 46.6 Å². The Kier molecular flexibility index (Phi) is 6.08. The van der Waals surface area contributed by atoms with Crippen molar-refractivity contribution < 1.29 is 9.59 Å². The monoisotopic (exact) mass is 406 g/mol. The van der Waals surface area contributed by atoms with Crippen LogP contribution in [0.15, 0.2) is 48.5 Å². The first kappa shape index (κ1) is 19.3. The number of amides is 4. The number of nitrogens with one attached hydrogen (secondary N) is 2. The van der Waals surface area contributed by atoms with Crippen LogP contribution in [0, 0.1) is 0 Å². The molecule has 1 heterocycles. The topological polar surface area (TPSA) is 64.7 Å². The van der Waals surface area contributed by atoms with Gasteiger partial charge < -0.3 is 20.4 Å². The molecule has 8 heteroatoms. The molecule has 1 unspecified atom stereocenters. The van der Waals surface area contributed by atoms with E-state index in [1.54, 1.807) is 58.3 Å². The quantitative estimate of drug-likeness (QED) is 0.754. The van der Waals surface area contributed by atoms with E-state index in [0.717, 1.165) is 0 Å². The van der Waals surface area contributed by atoms with Crippen LogP contribution in [0.1, 0.15) is 6.92 Å². The van der Waals surface area contributed by atoms with E-state index in [2.05, 4.69) is 10.6 Å². The Balaban J connectivity index is 1.56. The summed E-state index contributed by atoms with van der Waals surface area (Å²) in [7, 11) is 0. The van der Waals surface area contributed by atoms with Gasteiger partial charge in [-0.15, -0.1) is 0 Å². The molecule has 27 heavy (non-hydrogen) atoms. The molecular formula is C19H20Cl2N4O2. The molecule has 1 aliphatic heterocycles. The maximum atomic E-state index is 12.5. The molecule has 0 saturated carbocycles. The highest BCUT2D eigenvalue weighted by Gasteiger charge is 2.30. The number of carbonyl (C=O) groups is 2. The van der Waals surface area contributed by atoms with E-state index in [1.807, 2.05) is 6.92 Å². The van der Waals surface area contributed by atoms with Crippen molar-refractivity contribution in [2.75, 3.05) is 30.3 Å². The van der Waals surface area contributed by atoms with Gasteiger partial charge in [0.25, 0.3) is 0 Å². The van der Waals surface area contributed by atoms with Crippen LogP contribution in [0.4, 0.5) is 21.0 Å². The molecule has 1 fully saturated rings. The molecule has 3 rings (SSSR count). The smallest absolute Gasteiger partial charge is 0.321 e. The zero-order valence-electron chi connectivity index (χ0n) is 14.8. The Labute approximate surface area is 168 Å². The fourth-order valence-corrected chi connectivity index (χ4v) is 3.35. The van der Waals surface area contributed by atoms with Crippen molar-refractivity contribution in [3.8, 4) is 0 Å². The third-order valence-corrected chi connectivity index (χ3v) is 4.80. The normalized spacial score (nSPS) is 16.8. The summed E-state index contributed by atoms with van der Waals surface area (Å²) in [5, 5.41) is 6.79. The van der Waals surface area contributed by atoms with Gasteiger partial charge in [-0.3, -0.25) is 0 Å². The third kappa shape index (κ3) is 5.05. The van der Waals surface area contributed by atoms with Crippen LogP contribution >= 0.6 is 23.2 Å². The van der Waals surface area contributed by atoms with Gasteiger partial charge in [0.15, 0.2) is 0 Å². The minimum Gasteiger partial charge on any atom is -0.321 e. The standard InChI is InChI=1S/C19H20Cl2N4O2/c1-13-12-24(18(26)22-16-6-2-4-14(20)10-16)8-9-25(13)19(27)23-17-7-3-5-15(21)11-17/h2-7,10-11,13H,8-9,12H2,1H3,(H,22,26)(H,23,27). The van der Waals surface area contributed by atoms with Crippen molar-refractivity contribution in [3.05, 3.63) is 58.6 Å². The maximum absolute atomic E-state index is 12.5. The summed E-state index contributed by atoms with van der Waals surface area (Å²) in [4.78, 5) is 28.4. The van der Waals surface area contributed by atoms with Gasteiger partial charge in [0.2, 0.25) is 0 Å². The van der Waals surface area contributed by atoms with Gasteiger partial charge in [-0.25, -0.2) is 9.59 Å². The van der Waals surface area contributed by atoms with E-state index in [4.69, 9.17) is 23.2 Å². The predicted octanol–water partition coefficient (Wildman–Crippen LogP) is 4.76. The number of rotatable bonds is 2. The molecular weight excluding hydrogens is 387 g/mol. The van der Waals surface area contributed by atoms with Crippen LogP contribution in [0.3, 0.4) is 0 Å². The first-order valence-electron chi connectivity index (χ1n) is 8.57. The average Bonchev–Trinajstić information content (AvgIpc) is 2.61. The number of piperazine rings is 1. The molecule has 1 aliphatic rings. The zero-order valence-corrected chi connectivity index (χ0v) is 16.3. The molecule has 0 radical (unpaired) electrons. The molecule has 1 atom stereocenters. The van der Waals surface area contributed by atoms with Crippen LogP contribution in [0.5, 0.6) is 0 Å². The predicted molar refractivity (Wildman–Crippen MR) is 109 cm³/mol. The number of carbonyl (C=O) groups excluding carboxylic acids is 2. The highest BCUT2D eigenvalue weighted by molar-refractivity contribution is 6.31. The number of hydrogen-bond donors (Lipinski definition) is 2. The summed E-state index contributed by atoms with van der Waals surface area (Å²) in [6.07, 6.45) is 0. The first-order valence-corrected chi connectivity index (χ1v) is 9.32. The van der Waals surface area contributed by atoms with Crippen molar-refractivity contribution in [1.29, 1.82) is 0 Å². The second kappa shape index (κ2) is 8.50. The Morgan fingerprint density at radius 1 is 0.926 bits per heavy atom. The Morgan fingerprint density at radius 3 is 2.00 bits per heavy atom. The molecule has 142 valence electrons. The molecule has 2 N–H and O–H groups in total. The summed E-state index contributed by atoms with van der Waals surface area (Å²) in [6.45, 7) is 3.24. The first-order chi connectivity index (χ1) is 12.9. The zero-order chi connectivity index (χ0) is 19.4. The van der Waals surface area contributed by atoms with Crippen LogP contribution in [-0.4, -0.2) is 47.5 Å². The highest BCUT2D eigenvalue weighted by Crippen LogP contribution is 2.19. The molecule has 0 aliphatic carbocycles. The van der Waals surface area contributed by atoms with E-state index in [0.29, 0.717) is 41.1 Å². The second-order valence-electron chi connectivity index (χ2n) is 6.37. The molecule has 4 amide bonds. The fourth-order valence-electron chi connectivity index (χ4n) is 2.97. The number of anilines is 2. The summed E-state index contributed by atoms with van der Waals surface area (Å²) in [5.41, 5.74) is 1.28. The molecule has 0 bridgehead atoms. The van der Waals surface area contributed by atoms with Gasteiger partial charge in [-0.05, 0) is 43.3 Å². The minimum absolute atomic E-state index is 0.122. The fraction of sp³-hybridized carbons (Fsp3) is 0.263. The van der Waals surface area contributed by atoms with Gasteiger partial charge in [0.1, 0.15) is 0 Å². The summed E-state index contributed by atoms with van der Waals surface area (Å²) < 4.78 is 0. The van der Waals surface area contributed by atoms with Crippen molar-refractivity contribution in [2.24, 2.45) is 0 Å². The molecule has 0 spiro atoms. The van der Waals surface area contributed by atoms with Crippen molar-refractivity contribution in [3.63, 3.8) is 0 Å². The van der Waals surface area contributed by atoms with Crippen LogP contribution in [0.25, 0.3) is 0 Å². The second-order valence-corrected chi connectivity index (χ2v) is 7.24. The SMILES string of the molecule is CC1CN(C(=O)Nc2cccc(Cl)c2)CCN1C(=O)Nc1cccc(Cl)c1. The van der Waals surface area contributed by atoms with Gasteiger partial charge in [0, 0.05) is 47.1 Å². The number of halogens is 2. The van der Waals surface area contributed by atoms with Crippen molar-refractivity contribution in [2.45, 2.75) is 13.0 Å². The lowest BCUT2D eigenvalue weighted by atomic mass is 10.2. The van der Waals surface area contributed by atoms with Crippen LogP contribution in [-0.2, 0) is 0 Å². The Hall–Kier alpha value is -2.44. The molecule has 2 aromatic rings. The lowest BCUT2D eigenvalue weighted by Gasteiger charge is -2.39. The van der Waals surface area contributed by atoms with E-state index in [-0.39, 0.29) is 18.1 Å². The number of benzene rings is 2. The van der Waals surface area contributed by atoms with Gasteiger partial charge >= 0.3 is 12.1 Å². The largest absolute Gasteiger partial charge is 0.322 e. The minimum atomic E-state index is -0.209. The van der Waals surface area contributed by atoms with E-state index in [1.165, 1.54) is 0 Å². The Bertz CT molecular complexity index is 846. The van der Waals surface area contributed by atoms with Crippen LogP contribution in [0.2, 0.25) is 10.0 Å². The van der Waals surface area contributed by atoms with E-state index >= 15 is 0 Å². The lowest BCUT2D eigenvalue weighted by molar-refractivity contribution is 0.124. The van der Waals surface area contributed by atoms with Gasteiger partial charge in [0.05, 0.1) is 0 Å². The summed E-state index contributed by atoms with van der Waals surface area (Å²) in [5.74, 6) is 0. The van der Waals surface area contributed by atoms with E-state index < -0.39 is 0 Å². The summed E-state index contributed by atoms with van der Waals surface area (Å²) in [6, 6.07) is 13.5. The van der Waals surface area contributed by atoms with Crippen molar-refractivity contribution in [1.82, 2.24) is 9.80 Å². The maximum Gasteiger partial charge on any atom is 0.322 e. The molecule has 1 saturated heterocycles. The number of hydrogen-bond acceptors (Lipinski definition) is 2. The Morgan fingerprint density at radius 2 is 1.48 bits per heavy atom. The number of nitrogens with zero attached hydrogens (tertiary/aromatic N) is 2. The molecule has 0 aromatic heterocycles. The molecule has 2 aromatic carbocycles. The summed E-state index contributed by atoms with van der Waals surface area (Å²) >= 11 is 11.9. The number of urea groups is 2. The molecule has 6 nitrogen and oxygen atoms in total.